The lowest BCUT2D eigenvalue weighted by Gasteiger charge is -2.24. The Morgan fingerprint density at radius 1 is 1.40 bits per heavy atom. The highest BCUT2D eigenvalue weighted by molar-refractivity contribution is 5.72. The predicted molar refractivity (Wildman–Crippen MR) is 60.7 cm³/mol. The maximum absolute atomic E-state index is 11.4. The molecule has 3 nitrogen and oxygen atoms in total. The fourth-order valence-corrected chi connectivity index (χ4v) is 2.18. The van der Waals surface area contributed by atoms with Gasteiger partial charge in [-0.15, -0.1) is 0 Å². The minimum absolute atomic E-state index is 0.0249. The van der Waals surface area contributed by atoms with Crippen LogP contribution in [0.15, 0.2) is 0 Å². The number of esters is 1. The molecule has 0 unspecified atom stereocenters. The Morgan fingerprint density at radius 3 is 2.60 bits per heavy atom. The van der Waals surface area contributed by atoms with Gasteiger partial charge in [0, 0.05) is 12.6 Å². The van der Waals surface area contributed by atoms with E-state index in [1.54, 1.807) is 0 Å². The number of ether oxygens (including phenoxy) is 1. The van der Waals surface area contributed by atoms with Gasteiger partial charge in [0.2, 0.25) is 0 Å². The summed E-state index contributed by atoms with van der Waals surface area (Å²) in [7, 11) is 1.46. The van der Waals surface area contributed by atoms with Crippen LogP contribution in [0.25, 0.3) is 0 Å². The van der Waals surface area contributed by atoms with Crippen LogP contribution >= 0.6 is 0 Å². The number of rotatable bonds is 5. The predicted octanol–water partition coefficient (Wildman–Crippen LogP) is 2.11. The van der Waals surface area contributed by atoms with Crippen molar-refractivity contribution < 1.29 is 9.53 Å². The number of hydrogen-bond donors (Lipinski definition) is 1. The first-order valence-electron chi connectivity index (χ1n) is 6.09. The van der Waals surface area contributed by atoms with Crippen molar-refractivity contribution in [3.8, 4) is 0 Å². The highest BCUT2D eigenvalue weighted by Gasteiger charge is 2.19. The molecule has 0 heterocycles. The van der Waals surface area contributed by atoms with Crippen molar-refractivity contribution in [3.05, 3.63) is 0 Å². The van der Waals surface area contributed by atoms with Gasteiger partial charge in [-0.05, 0) is 19.3 Å². The molecule has 3 heteroatoms. The molecule has 15 heavy (non-hydrogen) atoms. The van der Waals surface area contributed by atoms with Crippen molar-refractivity contribution in [2.45, 2.75) is 51.5 Å². The van der Waals surface area contributed by atoms with Gasteiger partial charge in [-0.25, -0.2) is 0 Å². The second-order valence-electron chi connectivity index (χ2n) is 4.37. The fraction of sp³-hybridized carbons (Fsp3) is 0.917. The van der Waals surface area contributed by atoms with E-state index in [-0.39, 0.29) is 11.9 Å². The summed E-state index contributed by atoms with van der Waals surface area (Å²) in [6.45, 7) is 2.80. The Bertz CT molecular complexity index is 188. The van der Waals surface area contributed by atoms with E-state index in [2.05, 4.69) is 5.32 Å². The molecule has 1 N–H and O–H groups in total. The van der Waals surface area contributed by atoms with E-state index in [1.807, 2.05) is 6.92 Å². The minimum Gasteiger partial charge on any atom is -0.469 e. The number of methoxy groups -OCH3 is 1. The molecule has 1 aliphatic carbocycles. The number of carbonyl (C=O) groups is 1. The number of nitrogens with one attached hydrogen (secondary N) is 1. The normalized spacial score (nSPS) is 19.9. The molecule has 1 saturated carbocycles. The maximum atomic E-state index is 11.4. The molecule has 88 valence electrons. The Labute approximate surface area is 92.6 Å². The summed E-state index contributed by atoms with van der Waals surface area (Å²) in [4.78, 5) is 11.4. The molecule has 1 fully saturated rings. The molecular weight excluding hydrogens is 190 g/mol. The van der Waals surface area contributed by atoms with Gasteiger partial charge in [-0.1, -0.05) is 26.2 Å². The molecule has 0 aromatic carbocycles. The number of hydrogen-bond acceptors (Lipinski definition) is 3. The third kappa shape index (κ3) is 4.20. The van der Waals surface area contributed by atoms with Gasteiger partial charge >= 0.3 is 5.97 Å². The monoisotopic (exact) mass is 213 g/mol. The molecule has 1 aliphatic rings. The van der Waals surface area contributed by atoms with Crippen molar-refractivity contribution in [2.24, 2.45) is 5.92 Å². The maximum Gasteiger partial charge on any atom is 0.309 e. The van der Waals surface area contributed by atoms with Crippen molar-refractivity contribution in [2.75, 3.05) is 13.7 Å². The lowest BCUT2D eigenvalue weighted by molar-refractivity contribution is -0.145. The van der Waals surface area contributed by atoms with E-state index in [4.69, 9.17) is 4.74 Å². The molecule has 0 spiro atoms. The van der Waals surface area contributed by atoms with Crippen molar-refractivity contribution in [3.63, 3.8) is 0 Å². The van der Waals surface area contributed by atoms with Crippen molar-refractivity contribution in [1.29, 1.82) is 0 Å². The topological polar surface area (TPSA) is 38.3 Å². The Kier molecular flexibility index (Phi) is 5.69. The summed E-state index contributed by atoms with van der Waals surface area (Å²) in [6.07, 6.45) is 7.40. The molecule has 1 atom stereocenters. The van der Waals surface area contributed by atoms with E-state index >= 15 is 0 Å². The zero-order valence-electron chi connectivity index (χ0n) is 9.92. The second kappa shape index (κ2) is 6.83. The smallest absolute Gasteiger partial charge is 0.309 e. The molecule has 0 aliphatic heterocycles. The largest absolute Gasteiger partial charge is 0.469 e. The third-order valence-electron chi connectivity index (χ3n) is 3.29. The average Bonchev–Trinajstić information content (AvgIpc) is 2.31. The molecule has 1 rings (SSSR count). The van der Waals surface area contributed by atoms with Crippen LogP contribution in [0.2, 0.25) is 0 Å². The first-order valence-corrected chi connectivity index (χ1v) is 6.09. The Balaban J connectivity index is 2.23. The third-order valence-corrected chi connectivity index (χ3v) is 3.29. The van der Waals surface area contributed by atoms with Gasteiger partial charge < -0.3 is 10.1 Å². The van der Waals surface area contributed by atoms with Gasteiger partial charge in [-0.2, -0.15) is 0 Å². The van der Waals surface area contributed by atoms with Crippen LogP contribution < -0.4 is 5.32 Å². The van der Waals surface area contributed by atoms with Crippen molar-refractivity contribution in [1.82, 2.24) is 5.32 Å². The SMILES string of the molecule is CC[C@@H](CNC1CCCCC1)C(=O)OC. The van der Waals surface area contributed by atoms with Crippen LogP contribution in [0.4, 0.5) is 0 Å². The molecule has 0 saturated heterocycles. The first kappa shape index (κ1) is 12.5. The Morgan fingerprint density at radius 2 is 2.07 bits per heavy atom. The van der Waals surface area contributed by atoms with Crippen molar-refractivity contribution >= 4 is 5.97 Å². The van der Waals surface area contributed by atoms with Gasteiger partial charge in [0.15, 0.2) is 0 Å². The van der Waals surface area contributed by atoms with Gasteiger partial charge in [0.25, 0.3) is 0 Å². The second-order valence-corrected chi connectivity index (χ2v) is 4.37. The van der Waals surface area contributed by atoms with Crippen LogP contribution in [-0.2, 0) is 9.53 Å². The quantitative estimate of drug-likeness (QED) is 0.711. The van der Waals surface area contributed by atoms with Gasteiger partial charge in [-0.3, -0.25) is 4.79 Å². The molecule has 0 bridgehead atoms. The molecular formula is C12H23NO2. The molecule has 0 aromatic rings. The summed E-state index contributed by atoms with van der Waals surface area (Å²) in [5, 5.41) is 3.49. The number of carbonyl (C=O) groups excluding carboxylic acids is 1. The van der Waals surface area contributed by atoms with E-state index in [0.29, 0.717) is 6.04 Å². The van der Waals surface area contributed by atoms with Crippen LogP contribution in [0.1, 0.15) is 45.4 Å². The highest BCUT2D eigenvalue weighted by atomic mass is 16.5. The summed E-state index contributed by atoms with van der Waals surface area (Å²) < 4.78 is 4.76. The lowest BCUT2D eigenvalue weighted by Crippen LogP contribution is -2.37. The van der Waals surface area contributed by atoms with Crippen LogP contribution in [0.5, 0.6) is 0 Å². The zero-order chi connectivity index (χ0) is 11.1. The molecule has 0 radical (unpaired) electrons. The molecule has 0 amide bonds. The summed E-state index contributed by atoms with van der Waals surface area (Å²) in [6, 6.07) is 0.623. The minimum atomic E-state index is -0.0826. The first-order chi connectivity index (χ1) is 7.27. The van der Waals surface area contributed by atoms with Crippen LogP contribution in [0.3, 0.4) is 0 Å². The van der Waals surface area contributed by atoms with Crippen LogP contribution in [0, 0.1) is 5.92 Å². The van der Waals surface area contributed by atoms with Gasteiger partial charge in [0.05, 0.1) is 13.0 Å². The summed E-state index contributed by atoms with van der Waals surface area (Å²) >= 11 is 0. The lowest BCUT2D eigenvalue weighted by atomic mass is 9.95. The Hall–Kier alpha value is -0.570. The van der Waals surface area contributed by atoms with E-state index in [9.17, 15) is 4.79 Å². The zero-order valence-corrected chi connectivity index (χ0v) is 9.92. The van der Waals surface area contributed by atoms with Crippen LogP contribution in [-0.4, -0.2) is 25.7 Å². The van der Waals surface area contributed by atoms with E-state index in [1.165, 1.54) is 39.2 Å². The average molecular weight is 213 g/mol. The molecule has 0 aromatic heterocycles. The summed E-state index contributed by atoms with van der Waals surface area (Å²) in [5.74, 6) is -0.0577. The fourth-order valence-electron chi connectivity index (χ4n) is 2.18. The standard InChI is InChI=1S/C12H23NO2/c1-3-10(12(14)15-2)9-13-11-7-5-4-6-8-11/h10-11,13H,3-9H2,1-2H3/t10-/m0/s1. The summed E-state index contributed by atoms with van der Waals surface area (Å²) in [5.41, 5.74) is 0. The van der Waals surface area contributed by atoms with Gasteiger partial charge in [0.1, 0.15) is 0 Å². The van der Waals surface area contributed by atoms with E-state index in [0.717, 1.165) is 13.0 Å². The van der Waals surface area contributed by atoms with E-state index < -0.39 is 0 Å². The highest BCUT2D eigenvalue weighted by Crippen LogP contribution is 2.17.